The topological polar surface area (TPSA) is 46.1 Å². The highest BCUT2D eigenvalue weighted by molar-refractivity contribution is 6.34. The maximum absolute atomic E-state index is 12.4. The van der Waals surface area contributed by atoms with Crippen LogP contribution < -0.4 is 0 Å². The number of halogens is 2. The largest absolute Gasteiger partial charge is 0.335 e. The Morgan fingerprint density at radius 1 is 1.20 bits per heavy atom. The highest BCUT2D eigenvalue weighted by Crippen LogP contribution is 2.23. The smallest absolute Gasteiger partial charge is 0.257 e. The molecule has 1 amide bonds. The van der Waals surface area contributed by atoms with E-state index in [1.807, 2.05) is 37.3 Å². The molecule has 6 heteroatoms. The van der Waals surface area contributed by atoms with E-state index in [1.54, 1.807) is 11.9 Å². The molecule has 104 valence electrons. The molecule has 0 spiro atoms. The summed E-state index contributed by atoms with van der Waals surface area (Å²) in [5.74, 6) is -0.247. The molecule has 1 aromatic heterocycles. The molecule has 0 aliphatic rings. The van der Waals surface area contributed by atoms with Crippen LogP contribution >= 0.6 is 23.2 Å². The molecule has 20 heavy (non-hydrogen) atoms. The Morgan fingerprint density at radius 3 is 2.50 bits per heavy atom. The summed E-state index contributed by atoms with van der Waals surface area (Å²) >= 11 is 11.7. The number of amides is 1. The van der Waals surface area contributed by atoms with Gasteiger partial charge in [-0.15, -0.1) is 10.2 Å². The van der Waals surface area contributed by atoms with Crippen molar-refractivity contribution < 1.29 is 4.79 Å². The Bertz CT molecular complexity index is 619. The van der Waals surface area contributed by atoms with E-state index in [0.717, 1.165) is 5.56 Å². The van der Waals surface area contributed by atoms with Crippen LogP contribution in [-0.2, 0) is 0 Å². The summed E-state index contributed by atoms with van der Waals surface area (Å²) in [6, 6.07) is 11.1. The van der Waals surface area contributed by atoms with Crippen molar-refractivity contribution in [3.8, 4) is 0 Å². The number of hydrogen-bond acceptors (Lipinski definition) is 3. The fourth-order valence-electron chi connectivity index (χ4n) is 1.82. The maximum Gasteiger partial charge on any atom is 0.257 e. The Labute approximate surface area is 127 Å². The van der Waals surface area contributed by atoms with Gasteiger partial charge in [-0.2, -0.15) is 0 Å². The standard InChI is InChI=1S/C14H13Cl2N3O/c1-9(10-6-4-3-5-7-10)19(2)14(20)11-8-12(15)17-18-13(11)16/h3-9H,1-2H3. The Kier molecular flexibility index (Phi) is 4.57. The van der Waals surface area contributed by atoms with Crippen LogP contribution in [0.4, 0.5) is 0 Å². The molecule has 0 N–H and O–H groups in total. The Morgan fingerprint density at radius 2 is 1.85 bits per heavy atom. The molecule has 4 nitrogen and oxygen atoms in total. The van der Waals surface area contributed by atoms with Gasteiger partial charge in [0.1, 0.15) is 0 Å². The fourth-order valence-corrected chi connectivity index (χ4v) is 2.14. The molecule has 2 rings (SSSR count). The summed E-state index contributed by atoms with van der Waals surface area (Å²) < 4.78 is 0. The molecule has 0 aliphatic heterocycles. The number of aromatic nitrogens is 2. The van der Waals surface area contributed by atoms with E-state index in [2.05, 4.69) is 10.2 Å². The first kappa shape index (κ1) is 14.8. The third-order valence-electron chi connectivity index (χ3n) is 3.13. The van der Waals surface area contributed by atoms with Crippen molar-refractivity contribution in [2.24, 2.45) is 0 Å². The van der Waals surface area contributed by atoms with Gasteiger partial charge in [0.2, 0.25) is 0 Å². The lowest BCUT2D eigenvalue weighted by Crippen LogP contribution is -2.30. The minimum atomic E-state index is -0.247. The number of benzene rings is 1. The van der Waals surface area contributed by atoms with Gasteiger partial charge in [-0.05, 0) is 18.6 Å². The first-order chi connectivity index (χ1) is 9.50. The summed E-state index contributed by atoms with van der Waals surface area (Å²) in [5.41, 5.74) is 1.28. The summed E-state index contributed by atoms with van der Waals surface area (Å²) in [6.45, 7) is 1.94. The first-order valence-electron chi connectivity index (χ1n) is 6.01. The summed E-state index contributed by atoms with van der Waals surface area (Å²) in [5, 5.41) is 7.43. The molecule has 1 aromatic carbocycles. The van der Waals surface area contributed by atoms with Gasteiger partial charge in [-0.3, -0.25) is 4.79 Å². The van der Waals surface area contributed by atoms with Crippen molar-refractivity contribution >= 4 is 29.1 Å². The van der Waals surface area contributed by atoms with E-state index < -0.39 is 0 Å². The second-order valence-electron chi connectivity index (χ2n) is 4.37. The lowest BCUT2D eigenvalue weighted by molar-refractivity contribution is 0.0742. The minimum Gasteiger partial charge on any atom is -0.335 e. The van der Waals surface area contributed by atoms with Gasteiger partial charge >= 0.3 is 0 Å². The minimum absolute atomic E-state index is 0.0477. The third-order valence-corrected chi connectivity index (χ3v) is 3.60. The summed E-state index contributed by atoms with van der Waals surface area (Å²) in [6.07, 6.45) is 0. The molecule has 0 saturated carbocycles. The van der Waals surface area contributed by atoms with Crippen molar-refractivity contribution in [1.29, 1.82) is 0 Å². The first-order valence-corrected chi connectivity index (χ1v) is 6.77. The number of carbonyl (C=O) groups excluding carboxylic acids is 1. The lowest BCUT2D eigenvalue weighted by atomic mass is 10.1. The monoisotopic (exact) mass is 309 g/mol. The molecule has 0 saturated heterocycles. The van der Waals surface area contributed by atoms with E-state index in [0.29, 0.717) is 0 Å². The van der Waals surface area contributed by atoms with Crippen LogP contribution in [0.1, 0.15) is 28.9 Å². The zero-order chi connectivity index (χ0) is 14.7. The predicted molar refractivity (Wildman–Crippen MR) is 79.0 cm³/mol. The molecular weight excluding hydrogens is 297 g/mol. The van der Waals surface area contributed by atoms with Crippen molar-refractivity contribution in [2.75, 3.05) is 7.05 Å². The molecule has 1 heterocycles. The zero-order valence-electron chi connectivity index (χ0n) is 11.0. The molecule has 0 bridgehead atoms. The second-order valence-corrected chi connectivity index (χ2v) is 5.12. The molecule has 1 atom stereocenters. The number of hydrogen-bond donors (Lipinski definition) is 0. The number of nitrogens with zero attached hydrogens (tertiary/aromatic N) is 3. The van der Waals surface area contributed by atoms with Gasteiger partial charge in [-0.1, -0.05) is 53.5 Å². The Balaban J connectivity index is 2.27. The van der Waals surface area contributed by atoms with Crippen LogP contribution in [0.15, 0.2) is 36.4 Å². The van der Waals surface area contributed by atoms with Crippen LogP contribution in [0, 0.1) is 0 Å². The van der Waals surface area contributed by atoms with Crippen molar-refractivity contribution in [3.05, 3.63) is 57.8 Å². The Hall–Kier alpha value is -1.65. The SMILES string of the molecule is CC(c1ccccc1)N(C)C(=O)c1cc(Cl)nnc1Cl. The van der Waals surface area contributed by atoms with Gasteiger partial charge in [0.25, 0.3) is 5.91 Å². The zero-order valence-corrected chi connectivity index (χ0v) is 12.6. The fraction of sp³-hybridized carbons (Fsp3) is 0.214. The van der Waals surface area contributed by atoms with Gasteiger partial charge < -0.3 is 4.90 Å². The lowest BCUT2D eigenvalue weighted by Gasteiger charge is -2.25. The van der Waals surface area contributed by atoms with E-state index in [9.17, 15) is 4.79 Å². The van der Waals surface area contributed by atoms with Gasteiger partial charge in [0.05, 0.1) is 11.6 Å². The molecule has 1 unspecified atom stereocenters. The molecule has 0 radical (unpaired) electrons. The van der Waals surface area contributed by atoms with Crippen molar-refractivity contribution in [3.63, 3.8) is 0 Å². The quantitative estimate of drug-likeness (QED) is 0.870. The van der Waals surface area contributed by atoms with Gasteiger partial charge in [-0.25, -0.2) is 0 Å². The summed E-state index contributed by atoms with van der Waals surface area (Å²) in [7, 11) is 1.71. The molecule has 2 aromatic rings. The number of rotatable bonds is 3. The third kappa shape index (κ3) is 3.08. The van der Waals surface area contributed by atoms with Crippen LogP contribution in [0.5, 0.6) is 0 Å². The average molecular weight is 310 g/mol. The van der Waals surface area contributed by atoms with Crippen LogP contribution in [0.3, 0.4) is 0 Å². The molecule has 0 fully saturated rings. The molecule has 0 aliphatic carbocycles. The van der Waals surface area contributed by atoms with E-state index in [-0.39, 0.29) is 27.8 Å². The maximum atomic E-state index is 12.4. The normalized spacial score (nSPS) is 12.0. The van der Waals surface area contributed by atoms with Crippen LogP contribution in [0.25, 0.3) is 0 Å². The highest BCUT2D eigenvalue weighted by Gasteiger charge is 2.22. The number of carbonyl (C=O) groups is 1. The van der Waals surface area contributed by atoms with E-state index >= 15 is 0 Å². The van der Waals surface area contributed by atoms with E-state index in [4.69, 9.17) is 23.2 Å². The van der Waals surface area contributed by atoms with E-state index in [1.165, 1.54) is 6.07 Å². The van der Waals surface area contributed by atoms with Gasteiger partial charge in [0.15, 0.2) is 10.3 Å². The van der Waals surface area contributed by atoms with Crippen LogP contribution in [0.2, 0.25) is 10.3 Å². The van der Waals surface area contributed by atoms with Crippen molar-refractivity contribution in [2.45, 2.75) is 13.0 Å². The second kappa shape index (κ2) is 6.20. The highest BCUT2D eigenvalue weighted by atomic mass is 35.5. The molecular formula is C14H13Cl2N3O. The van der Waals surface area contributed by atoms with Crippen molar-refractivity contribution in [1.82, 2.24) is 15.1 Å². The van der Waals surface area contributed by atoms with Gasteiger partial charge in [0, 0.05) is 7.05 Å². The summed E-state index contributed by atoms with van der Waals surface area (Å²) in [4.78, 5) is 14.0. The average Bonchev–Trinajstić information content (AvgIpc) is 2.48. The predicted octanol–water partition coefficient (Wildman–Crippen LogP) is 3.62. The van der Waals surface area contributed by atoms with Crippen LogP contribution in [-0.4, -0.2) is 28.1 Å².